The van der Waals surface area contributed by atoms with Gasteiger partial charge in [0.15, 0.2) is 0 Å². The Bertz CT molecular complexity index is 657. The molecule has 31 heavy (non-hydrogen) atoms. The molecule has 0 radical (unpaired) electrons. The maximum atomic E-state index is 15.2. The minimum atomic E-state index is -3.53. The van der Waals surface area contributed by atoms with Crippen molar-refractivity contribution in [3.8, 4) is 0 Å². The standard InChI is InChI=1S/C25H38F2O4/c1-5-24(4,6-2)31-23(29)25(26,27)22(18-17-21-14-10-9-11-15-21)16-12-7-8-13-19-30-20(3)28/h9-11,14-15,22H,5-8,12-13,16-19H2,1-4H3. The number of aryl methyl sites for hydroxylation is 1. The van der Waals surface area contributed by atoms with Gasteiger partial charge >= 0.3 is 17.9 Å². The molecule has 0 aliphatic heterocycles. The molecule has 0 saturated heterocycles. The lowest BCUT2D eigenvalue weighted by Crippen LogP contribution is -2.44. The van der Waals surface area contributed by atoms with E-state index in [2.05, 4.69) is 0 Å². The highest BCUT2D eigenvalue weighted by atomic mass is 19.3. The topological polar surface area (TPSA) is 52.6 Å². The molecule has 0 aromatic heterocycles. The van der Waals surface area contributed by atoms with Crippen LogP contribution in [0.4, 0.5) is 8.78 Å². The van der Waals surface area contributed by atoms with E-state index in [9.17, 15) is 9.59 Å². The second kappa shape index (κ2) is 13.4. The number of ether oxygens (including phenoxy) is 2. The van der Waals surface area contributed by atoms with Gasteiger partial charge in [0.1, 0.15) is 5.60 Å². The van der Waals surface area contributed by atoms with E-state index in [1.54, 1.807) is 6.92 Å². The van der Waals surface area contributed by atoms with E-state index in [0.717, 1.165) is 18.4 Å². The lowest BCUT2D eigenvalue weighted by molar-refractivity contribution is -0.196. The van der Waals surface area contributed by atoms with E-state index in [4.69, 9.17) is 9.47 Å². The highest BCUT2D eigenvalue weighted by Gasteiger charge is 2.49. The minimum Gasteiger partial charge on any atom is -0.466 e. The maximum Gasteiger partial charge on any atom is 0.377 e. The molecule has 0 heterocycles. The first-order valence-corrected chi connectivity index (χ1v) is 11.4. The van der Waals surface area contributed by atoms with Crippen molar-refractivity contribution in [1.82, 2.24) is 0 Å². The Morgan fingerprint density at radius 2 is 1.58 bits per heavy atom. The fourth-order valence-electron chi connectivity index (χ4n) is 3.41. The first kappa shape index (κ1) is 27.1. The molecule has 0 bridgehead atoms. The van der Waals surface area contributed by atoms with Crippen LogP contribution in [0.25, 0.3) is 0 Å². The largest absolute Gasteiger partial charge is 0.466 e. The SMILES string of the molecule is CCC(C)(CC)OC(=O)C(F)(F)C(CCCCCCOC(C)=O)CCc1ccccc1. The number of esters is 2. The zero-order chi connectivity index (χ0) is 23.3. The molecule has 0 spiro atoms. The van der Waals surface area contributed by atoms with Gasteiger partial charge in [-0.2, -0.15) is 8.78 Å². The van der Waals surface area contributed by atoms with Crippen LogP contribution in [0.2, 0.25) is 0 Å². The Balaban J connectivity index is 2.72. The first-order chi connectivity index (χ1) is 14.6. The summed E-state index contributed by atoms with van der Waals surface area (Å²) >= 11 is 0. The zero-order valence-corrected chi connectivity index (χ0v) is 19.4. The summed E-state index contributed by atoms with van der Waals surface area (Å²) in [6, 6.07) is 9.47. The van der Waals surface area contributed by atoms with Gasteiger partial charge in [0.25, 0.3) is 0 Å². The fraction of sp³-hybridized carbons (Fsp3) is 0.680. The molecule has 1 rings (SSSR count). The van der Waals surface area contributed by atoms with Crippen molar-refractivity contribution in [2.45, 2.75) is 97.0 Å². The molecule has 1 aromatic carbocycles. The summed E-state index contributed by atoms with van der Waals surface area (Å²) in [6.45, 7) is 7.07. The molecule has 1 unspecified atom stereocenters. The minimum absolute atomic E-state index is 0.217. The van der Waals surface area contributed by atoms with E-state index >= 15 is 8.78 Å². The molecule has 1 atom stereocenters. The van der Waals surface area contributed by atoms with Crippen molar-refractivity contribution in [2.75, 3.05) is 6.61 Å². The summed E-state index contributed by atoms with van der Waals surface area (Å²) in [7, 11) is 0. The summed E-state index contributed by atoms with van der Waals surface area (Å²) in [5.74, 6) is -6.33. The third-order valence-electron chi connectivity index (χ3n) is 6.00. The van der Waals surface area contributed by atoms with Crippen LogP contribution in [-0.4, -0.2) is 30.1 Å². The van der Waals surface area contributed by atoms with E-state index in [-0.39, 0.29) is 18.8 Å². The molecule has 4 nitrogen and oxygen atoms in total. The third-order valence-corrected chi connectivity index (χ3v) is 6.00. The molecule has 0 N–H and O–H groups in total. The van der Waals surface area contributed by atoms with Gasteiger partial charge < -0.3 is 9.47 Å². The molecule has 0 amide bonds. The van der Waals surface area contributed by atoms with Crippen LogP contribution in [-0.2, 0) is 25.5 Å². The Morgan fingerprint density at radius 1 is 0.968 bits per heavy atom. The lowest BCUT2D eigenvalue weighted by atomic mass is 9.88. The van der Waals surface area contributed by atoms with E-state index in [1.165, 1.54) is 6.92 Å². The number of benzene rings is 1. The maximum absolute atomic E-state index is 15.2. The van der Waals surface area contributed by atoms with Crippen LogP contribution in [0, 0.1) is 5.92 Å². The van der Waals surface area contributed by atoms with E-state index in [0.29, 0.717) is 38.7 Å². The average Bonchev–Trinajstić information content (AvgIpc) is 2.75. The molecule has 176 valence electrons. The lowest BCUT2D eigenvalue weighted by Gasteiger charge is -2.32. The second-order valence-electron chi connectivity index (χ2n) is 8.43. The quantitative estimate of drug-likeness (QED) is 0.231. The summed E-state index contributed by atoms with van der Waals surface area (Å²) in [5.41, 5.74) is 0.103. The third kappa shape index (κ3) is 9.79. The molecule has 0 fully saturated rings. The molecule has 0 aliphatic carbocycles. The number of unbranched alkanes of at least 4 members (excludes halogenated alkanes) is 3. The van der Waals surface area contributed by atoms with Crippen molar-refractivity contribution in [1.29, 1.82) is 0 Å². The number of alkyl halides is 2. The Kier molecular flexibility index (Phi) is 11.7. The fourth-order valence-corrected chi connectivity index (χ4v) is 3.41. The predicted molar refractivity (Wildman–Crippen MR) is 118 cm³/mol. The van der Waals surface area contributed by atoms with Gasteiger partial charge in [0, 0.05) is 12.8 Å². The van der Waals surface area contributed by atoms with Crippen LogP contribution >= 0.6 is 0 Å². The van der Waals surface area contributed by atoms with Crippen molar-refractivity contribution in [2.24, 2.45) is 5.92 Å². The average molecular weight is 441 g/mol. The highest BCUT2D eigenvalue weighted by molar-refractivity contribution is 5.78. The number of carbonyl (C=O) groups excluding carboxylic acids is 2. The van der Waals surface area contributed by atoms with Gasteiger partial charge in [-0.25, -0.2) is 4.79 Å². The summed E-state index contributed by atoms with van der Waals surface area (Å²) in [4.78, 5) is 23.2. The molecular formula is C25H38F2O4. The van der Waals surface area contributed by atoms with Crippen LogP contribution in [0.3, 0.4) is 0 Å². The van der Waals surface area contributed by atoms with Gasteiger partial charge in [0.2, 0.25) is 0 Å². The molecular weight excluding hydrogens is 402 g/mol. The zero-order valence-electron chi connectivity index (χ0n) is 19.4. The van der Waals surface area contributed by atoms with Crippen molar-refractivity contribution in [3.63, 3.8) is 0 Å². The summed E-state index contributed by atoms with van der Waals surface area (Å²) in [5, 5.41) is 0. The van der Waals surface area contributed by atoms with Crippen LogP contribution in [0.15, 0.2) is 30.3 Å². The monoisotopic (exact) mass is 440 g/mol. The normalized spacial score (nSPS) is 13.0. The smallest absolute Gasteiger partial charge is 0.377 e. The van der Waals surface area contributed by atoms with Gasteiger partial charge in [-0.15, -0.1) is 0 Å². The van der Waals surface area contributed by atoms with E-state index < -0.39 is 23.4 Å². The summed E-state index contributed by atoms with van der Waals surface area (Å²) in [6.07, 6.45) is 4.75. The first-order valence-electron chi connectivity index (χ1n) is 11.4. The van der Waals surface area contributed by atoms with Crippen molar-refractivity contribution < 1.29 is 27.8 Å². The highest BCUT2D eigenvalue weighted by Crippen LogP contribution is 2.36. The number of hydrogen-bond donors (Lipinski definition) is 0. The summed E-state index contributed by atoms with van der Waals surface area (Å²) < 4.78 is 40.5. The van der Waals surface area contributed by atoms with Crippen molar-refractivity contribution >= 4 is 11.9 Å². The molecule has 0 aliphatic rings. The Hall–Kier alpha value is -1.98. The molecule has 0 saturated carbocycles. The Morgan fingerprint density at radius 3 is 2.16 bits per heavy atom. The number of rotatable bonds is 15. The van der Waals surface area contributed by atoms with Gasteiger partial charge in [-0.3, -0.25) is 4.79 Å². The van der Waals surface area contributed by atoms with Gasteiger partial charge in [-0.05, 0) is 51.0 Å². The van der Waals surface area contributed by atoms with Crippen LogP contribution in [0.5, 0.6) is 0 Å². The Labute approximate surface area is 185 Å². The number of carbonyl (C=O) groups is 2. The molecule has 6 heteroatoms. The van der Waals surface area contributed by atoms with Crippen LogP contribution in [0.1, 0.15) is 84.6 Å². The van der Waals surface area contributed by atoms with Gasteiger partial charge in [0.05, 0.1) is 6.61 Å². The number of halogens is 2. The second-order valence-corrected chi connectivity index (χ2v) is 8.43. The van der Waals surface area contributed by atoms with Crippen LogP contribution < -0.4 is 0 Å². The van der Waals surface area contributed by atoms with Gasteiger partial charge in [-0.1, -0.05) is 63.4 Å². The molecule has 1 aromatic rings. The number of hydrogen-bond acceptors (Lipinski definition) is 4. The van der Waals surface area contributed by atoms with E-state index in [1.807, 2.05) is 44.2 Å². The van der Waals surface area contributed by atoms with Crippen molar-refractivity contribution in [3.05, 3.63) is 35.9 Å². The predicted octanol–water partition coefficient (Wildman–Crippen LogP) is 6.51.